The van der Waals surface area contributed by atoms with Crippen molar-refractivity contribution in [2.75, 3.05) is 6.54 Å². The summed E-state index contributed by atoms with van der Waals surface area (Å²) < 4.78 is 0. The second-order valence-corrected chi connectivity index (χ2v) is 7.56. The number of hydrogen-bond acceptors (Lipinski definition) is 3. The molecule has 1 aliphatic carbocycles. The Kier molecular flexibility index (Phi) is 4.21. The van der Waals surface area contributed by atoms with Crippen LogP contribution in [0.15, 0.2) is 42.5 Å². The third kappa shape index (κ3) is 2.77. The second-order valence-electron chi connectivity index (χ2n) is 7.12. The highest BCUT2D eigenvalue weighted by atomic mass is 35.5. The Balaban J connectivity index is 1.57. The molecule has 1 fully saturated rings. The van der Waals surface area contributed by atoms with E-state index in [-0.39, 0.29) is 5.91 Å². The lowest BCUT2D eigenvalue weighted by molar-refractivity contribution is -0.136. The van der Waals surface area contributed by atoms with Crippen LogP contribution < -0.4 is 5.48 Å². The number of fused-ring (bicyclic) bond motifs is 1. The molecule has 4 rings (SSSR count). The highest BCUT2D eigenvalue weighted by molar-refractivity contribution is 6.30. The number of carbonyl (C=O) groups excluding carboxylic acids is 2. The van der Waals surface area contributed by atoms with Crippen LogP contribution in [0.5, 0.6) is 0 Å². The minimum atomic E-state index is -0.528. The van der Waals surface area contributed by atoms with Crippen LogP contribution >= 0.6 is 11.6 Å². The van der Waals surface area contributed by atoms with Crippen LogP contribution in [0.4, 0.5) is 0 Å². The van der Waals surface area contributed by atoms with E-state index in [1.165, 1.54) is 0 Å². The first kappa shape index (κ1) is 17.1. The fourth-order valence-corrected chi connectivity index (χ4v) is 4.49. The zero-order valence-electron chi connectivity index (χ0n) is 14.2. The van der Waals surface area contributed by atoms with Gasteiger partial charge in [0.15, 0.2) is 0 Å². The van der Waals surface area contributed by atoms with Crippen molar-refractivity contribution in [2.24, 2.45) is 5.41 Å². The zero-order valence-corrected chi connectivity index (χ0v) is 14.9. The predicted octanol–water partition coefficient (Wildman–Crippen LogP) is 2.98. The fraction of sp³-hybridized carbons (Fsp3) is 0.300. The van der Waals surface area contributed by atoms with Crippen molar-refractivity contribution in [1.29, 1.82) is 0 Å². The van der Waals surface area contributed by atoms with Gasteiger partial charge in [0.25, 0.3) is 5.91 Å². The van der Waals surface area contributed by atoms with Crippen molar-refractivity contribution in [3.05, 3.63) is 69.7 Å². The standard InChI is InChI=1S/C20H19ClN2O3/c21-15-5-1-3-13(9-15)12-23-8-7-20(19(23)25)10-14-4-2-6-16(17(14)11-20)18(24)22-26/h1-6,9,26H,7-8,10-12H2,(H,22,24). The molecule has 2 aromatic rings. The third-order valence-corrected chi connectivity index (χ3v) is 5.76. The third-order valence-electron chi connectivity index (χ3n) is 5.53. The molecule has 6 heteroatoms. The summed E-state index contributed by atoms with van der Waals surface area (Å²) >= 11 is 6.05. The second kappa shape index (κ2) is 6.41. The van der Waals surface area contributed by atoms with Gasteiger partial charge in [0.05, 0.1) is 5.41 Å². The highest BCUT2D eigenvalue weighted by Crippen LogP contribution is 2.46. The van der Waals surface area contributed by atoms with Crippen molar-refractivity contribution in [3.63, 3.8) is 0 Å². The van der Waals surface area contributed by atoms with Crippen molar-refractivity contribution < 1.29 is 14.8 Å². The Morgan fingerprint density at radius 1 is 1.23 bits per heavy atom. The van der Waals surface area contributed by atoms with Crippen LogP contribution in [0.1, 0.15) is 33.5 Å². The largest absolute Gasteiger partial charge is 0.338 e. The van der Waals surface area contributed by atoms with E-state index in [1.807, 2.05) is 35.2 Å². The first-order valence-corrected chi connectivity index (χ1v) is 8.99. The molecule has 2 aliphatic rings. The Morgan fingerprint density at radius 2 is 2.04 bits per heavy atom. The molecule has 1 unspecified atom stereocenters. The molecular weight excluding hydrogens is 352 g/mol. The van der Waals surface area contributed by atoms with Gasteiger partial charge in [0.2, 0.25) is 5.91 Å². The van der Waals surface area contributed by atoms with Gasteiger partial charge in [-0.2, -0.15) is 0 Å². The summed E-state index contributed by atoms with van der Waals surface area (Å²) in [5.74, 6) is -0.399. The van der Waals surface area contributed by atoms with E-state index in [2.05, 4.69) is 0 Å². The Labute approximate surface area is 156 Å². The van der Waals surface area contributed by atoms with Crippen molar-refractivity contribution in [2.45, 2.75) is 25.8 Å². The van der Waals surface area contributed by atoms with E-state index in [4.69, 9.17) is 16.8 Å². The van der Waals surface area contributed by atoms with Gasteiger partial charge >= 0.3 is 0 Å². The van der Waals surface area contributed by atoms with E-state index in [0.29, 0.717) is 36.5 Å². The molecule has 1 heterocycles. The zero-order chi connectivity index (χ0) is 18.3. The predicted molar refractivity (Wildman–Crippen MR) is 97.0 cm³/mol. The fourth-order valence-electron chi connectivity index (χ4n) is 4.27. The summed E-state index contributed by atoms with van der Waals surface area (Å²) in [5.41, 5.74) is 4.57. The first-order valence-electron chi connectivity index (χ1n) is 8.61. The molecule has 2 amide bonds. The van der Waals surface area contributed by atoms with Crippen molar-refractivity contribution in [1.82, 2.24) is 10.4 Å². The number of hydroxylamine groups is 1. The molecule has 134 valence electrons. The van der Waals surface area contributed by atoms with E-state index in [0.717, 1.165) is 23.1 Å². The summed E-state index contributed by atoms with van der Waals surface area (Å²) in [6.45, 7) is 1.24. The van der Waals surface area contributed by atoms with Gasteiger partial charge < -0.3 is 4.90 Å². The lowest BCUT2D eigenvalue weighted by Crippen LogP contribution is -2.35. The van der Waals surface area contributed by atoms with Crippen LogP contribution in [0.25, 0.3) is 0 Å². The van der Waals surface area contributed by atoms with Gasteiger partial charge in [-0.15, -0.1) is 0 Å². The van der Waals surface area contributed by atoms with Crippen molar-refractivity contribution in [3.8, 4) is 0 Å². The Bertz CT molecular complexity index is 898. The number of amides is 2. The average molecular weight is 371 g/mol. The van der Waals surface area contributed by atoms with E-state index >= 15 is 0 Å². The van der Waals surface area contributed by atoms with Gasteiger partial charge in [-0.1, -0.05) is 35.9 Å². The summed E-state index contributed by atoms with van der Waals surface area (Å²) in [5, 5.41) is 9.64. The summed E-state index contributed by atoms with van der Waals surface area (Å²) in [6, 6.07) is 13.0. The van der Waals surface area contributed by atoms with Crippen LogP contribution in [0.2, 0.25) is 5.02 Å². The number of likely N-dealkylation sites (tertiary alicyclic amines) is 1. The van der Waals surface area contributed by atoms with Gasteiger partial charge in [0.1, 0.15) is 0 Å². The molecule has 1 spiro atoms. The topological polar surface area (TPSA) is 69.6 Å². The van der Waals surface area contributed by atoms with E-state index in [1.54, 1.807) is 17.6 Å². The Morgan fingerprint density at radius 3 is 2.81 bits per heavy atom. The lowest BCUT2D eigenvalue weighted by atomic mass is 9.83. The molecule has 26 heavy (non-hydrogen) atoms. The highest BCUT2D eigenvalue weighted by Gasteiger charge is 2.50. The summed E-state index contributed by atoms with van der Waals surface area (Å²) in [4.78, 5) is 27.0. The number of rotatable bonds is 3. The Hall–Kier alpha value is -2.37. The summed E-state index contributed by atoms with van der Waals surface area (Å²) in [7, 11) is 0. The number of hydrogen-bond donors (Lipinski definition) is 2. The molecule has 2 N–H and O–H groups in total. The maximum absolute atomic E-state index is 13.2. The molecule has 1 aliphatic heterocycles. The number of halogens is 1. The number of carbonyl (C=O) groups is 2. The van der Waals surface area contributed by atoms with E-state index < -0.39 is 11.3 Å². The maximum Gasteiger partial charge on any atom is 0.274 e. The van der Waals surface area contributed by atoms with Crippen LogP contribution in [0.3, 0.4) is 0 Å². The first-order chi connectivity index (χ1) is 12.5. The molecule has 0 radical (unpaired) electrons. The van der Waals surface area contributed by atoms with Gasteiger partial charge in [-0.25, -0.2) is 5.48 Å². The molecule has 2 aromatic carbocycles. The van der Waals surface area contributed by atoms with Gasteiger partial charge in [-0.3, -0.25) is 14.8 Å². The van der Waals surface area contributed by atoms with Crippen LogP contribution in [-0.2, 0) is 24.2 Å². The lowest BCUT2D eigenvalue weighted by Gasteiger charge is -2.23. The maximum atomic E-state index is 13.2. The number of nitrogens with one attached hydrogen (secondary N) is 1. The normalized spacial score (nSPS) is 21.3. The minimum absolute atomic E-state index is 0.129. The van der Waals surface area contributed by atoms with E-state index in [9.17, 15) is 9.59 Å². The molecule has 0 saturated carbocycles. The molecule has 1 saturated heterocycles. The van der Waals surface area contributed by atoms with Crippen LogP contribution in [-0.4, -0.2) is 28.5 Å². The van der Waals surface area contributed by atoms with Crippen molar-refractivity contribution >= 4 is 23.4 Å². The van der Waals surface area contributed by atoms with Crippen LogP contribution in [0, 0.1) is 5.41 Å². The monoisotopic (exact) mass is 370 g/mol. The quantitative estimate of drug-likeness (QED) is 0.644. The minimum Gasteiger partial charge on any atom is -0.338 e. The SMILES string of the molecule is O=C(NO)c1cccc2c1CC1(CCN(Cc3cccc(Cl)c3)C1=O)C2. The molecule has 1 atom stereocenters. The smallest absolute Gasteiger partial charge is 0.274 e. The van der Waals surface area contributed by atoms with Gasteiger partial charge in [-0.05, 0) is 54.2 Å². The molecule has 0 bridgehead atoms. The molecule has 5 nitrogen and oxygen atoms in total. The number of nitrogens with zero attached hydrogens (tertiary/aromatic N) is 1. The average Bonchev–Trinajstić information content (AvgIpc) is 3.16. The van der Waals surface area contributed by atoms with Gasteiger partial charge in [0, 0.05) is 23.7 Å². The molecule has 0 aromatic heterocycles. The molecular formula is C20H19ClN2O3. The summed E-state index contributed by atoms with van der Waals surface area (Å²) in [6.07, 6.45) is 1.94. The number of benzene rings is 2.